The summed E-state index contributed by atoms with van der Waals surface area (Å²) in [5, 5.41) is 11.7. The normalized spacial score (nSPS) is 11.7. The zero-order chi connectivity index (χ0) is 17.0. The Kier molecular flexibility index (Phi) is 5.48. The largest absolute Gasteiger partial charge is 0.480 e. The van der Waals surface area contributed by atoms with E-state index in [0.29, 0.717) is 9.13 Å². The summed E-state index contributed by atoms with van der Waals surface area (Å²) < 4.78 is 1.54. The molecule has 0 bridgehead atoms. The summed E-state index contributed by atoms with van der Waals surface area (Å²) in [5.41, 5.74) is -0.283. The van der Waals surface area contributed by atoms with E-state index in [2.05, 4.69) is 10.3 Å². The van der Waals surface area contributed by atoms with Gasteiger partial charge in [0.1, 0.15) is 6.04 Å². The van der Waals surface area contributed by atoms with Gasteiger partial charge in [0.05, 0.1) is 3.57 Å². The molecule has 1 aromatic carbocycles. The molecule has 1 heterocycles. The zero-order valence-corrected chi connectivity index (χ0v) is 14.4. The number of aliphatic carboxylic acids is 1. The maximum absolute atomic E-state index is 12.1. The highest BCUT2D eigenvalue weighted by molar-refractivity contribution is 14.1. The van der Waals surface area contributed by atoms with Crippen LogP contribution in [0.25, 0.3) is 0 Å². The van der Waals surface area contributed by atoms with Crippen LogP contribution >= 0.6 is 22.6 Å². The third-order valence-electron chi connectivity index (χ3n) is 3.18. The molecular weight excluding hydrogens is 413 g/mol. The molecule has 1 amide bonds. The number of rotatable bonds is 5. The van der Waals surface area contributed by atoms with Gasteiger partial charge in [0.2, 0.25) is 0 Å². The van der Waals surface area contributed by atoms with E-state index in [-0.39, 0.29) is 12.2 Å². The number of benzene rings is 1. The van der Waals surface area contributed by atoms with Crippen molar-refractivity contribution in [1.82, 2.24) is 9.55 Å². The fourth-order valence-electron chi connectivity index (χ4n) is 2.02. The Morgan fingerprint density at radius 2 is 2.00 bits per heavy atom. The van der Waals surface area contributed by atoms with Gasteiger partial charge in [-0.15, -0.1) is 0 Å². The molecule has 1 unspecified atom stereocenters. The van der Waals surface area contributed by atoms with Gasteiger partial charge < -0.3 is 10.4 Å². The van der Waals surface area contributed by atoms with Gasteiger partial charge in [-0.2, -0.15) is 4.98 Å². The van der Waals surface area contributed by atoms with Crippen LogP contribution in [0.1, 0.15) is 29.7 Å². The second-order valence-electron chi connectivity index (χ2n) is 4.71. The number of hydrogen-bond donors (Lipinski definition) is 2. The summed E-state index contributed by atoms with van der Waals surface area (Å²) in [7, 11) is 0. The van der Waals surface area contributed by atoms with E-state index in [1.165, 1.54) is 6.20 Å². The molecule has 0 aliphatic rings. The number of halogens is 1. The fraction of sp³-hybridized carbons (Fsp3) is 0.200. The molecule has 2 aromatic rings. The van der Waals surface area contributed by atoms with Crippen molar-refractivity contribution in [1.29, 1.82) is 0 Å². The summed E-state index contributed by atoms with van der Waals surface area (Å²) in [6.07, 6.45) is 1.64. The maximum Gasteiger partial charge on any atom is 0.350 e. The van der Waals surface area contributed by atoms with Crippen LogP contribution in [0.5, 0.6) is 0 Å². The van der Waals surface area contributed by atoms with Crippen molar-refractivity contribution in [3.63, 3.8) is 0 Å². The summed E-state index contributed by atoms with van der Waals surface area (Å²) in [6.45, 7) is 1.67. The molecule has 0 aliphatic heterocycles. The van der Waals surface area contributed by atoms with Crippen LogP contribution in [0.3, 0.4) is 0 Å². The van der Waals surface area contributed by atoms with Crippen LogP contribution in [-0.4, -0.2) is 26.5 Å². The number of anilines is 1. The number of carbonyl (C=O) groups is 2. The lowest BCUT2D eigenvalue weighted by Gasteiger charge is -2.14. The van der Waals surface area contributed by atoms with Crippen molar-refractivity contribution in [2.24, 2.45) is 0 Å². The van der Waals surface area contributed by atoms with Gasteiger partial charge in [-0.1, -0.05) is 25.1 Å². The Morgan fingerprint density at radius 1 is 1.35 bits per heavy atom. The quantitative estimate of drug-likeness (QED) is 0.713. The lowest BCUT2D eigenvalue weighted by atomic mass is 10.2. The minimum atomic E-state index is -1.10. The number of hydrogen-bond acceptors (Lipinski definition) is 4. The third kappa shape index (κ3) is 3.95. The van der Waals surface area contributed by atoms with E-state index in [9.17, 15) is 14.4 Å². The average molecular weight is 427 g/mol. The summed E-state index contributed by atoms with van der Waals surface area (Å²) in [4.78, 5) is 39.1. The van der Waals surface area contributed by atoms with Crippen molar-refractivity contribution < 1.29 is 14.7 Å². The molecule has 0 fully saturated rings. The zero-order valence-electron chi connectivity index (χ0n) is 12.2. The molecule has 8 heteroatoms. The number of carboxylic acids is 1. The van der Waals surface area contributed by atoms with E-state index in [1.54, 1.807) is 37.3 Å². The van der Waals surface area contributed by atoms with E-state index in [4.69, 9.17) is 5.11 Å². The van der Waals surface area contributed by atoms with E-state index in [1.807, 2.05) is 22.6 Å². The Morgan fingerprint density at radius 3 is 2.57 bits per heavy atom. The van der Waals surface area contributed by atoms with Gasteiger partial charge >= 0.3 is 11.7 Å². The van der Waals surface area contributed by atoms with Crippen molar-refractivity contribution in [3.8, 4) is 0 Å². The highest BCUT2D eigenvalue weighted by Gasteiger charge is 2.21. The second-order valence-corrected chi connectivity index (χ2v) is 5.87. The van der Waals surface area contributed by atoms with Crippen LogP contribution in [0, 0.1) is 3.57 Å². The third-order valence-corrected chi connectivity index (χ3v) is 3.97. The average Bonchev–Trinajstić information content (AvgIpc) is 2.53. The first-order valence-electron chi connectivity index (χ1n) is 6.82. The van der Waals surface area contributed by atoms with Gasteiger partial charge in [-0.25, -0.2) is 9.59 Å². The Labute approximate surface area is 145 Å². The van der Waals surface area contributed by atoms with Crippen molar-refractivity contribution >= 4 is 40.3 Å². The fourth-order valence-corrected chi connectivity index (χ4v) is 2.57. The molecule has 120 valence electrons. The molecule has 7 nitrogen and oxygen atoms in total. The predicted octanol–water partition coefficient (Wildman–Crippen LogP) is 2.14. The number of nitrogens with one attached hydrogen (secondary N) is 1. The molecule has 0 radical (unpaired) electrons. The van der Waals surface area contributed by atoms with Gasteiger partial charge in [0.25, 0.3) is 5.91 Å². The number of carboxylic acid groups (broad SMARTS) is 1. The minimum Gasteiger partial charge on any atom is -0.480 e. The molecule has 2 rings (SSSR count). The van der Waals surface area contributed by atoms with Gasteiger partial charge in [-0.3, -0.25) is 9.36 Å². The molecule has 2 N–H and O–H groups in total. The summed E-state index contributed by atoms with van der Waals surface area (Å²) in [6, 6.07) is 7.54. The van der Waals surface area contributed by atoms with Crippen LogP contribution in [0.2, 0.25) is 0 Å². The van der Waals surface area contributed by atoms with Crippen molar-refractivity contribution in [2.45, 2.75) is 19.4 Å². The molecule has 0 spiro atoms. The van der Waals surface area contributed by atoms with E-state index < -0.39 is 23.6 Å². The second kappa shape index (κ2) is 7.36. The molecule has 1 aromatic heterocycles. The molecular formula is C15H14IN3O4. The van der Waals surface area contributed by atoms with Crippen molar-refractivity contribution in [3.05, 3.63) is 56.1 Å². The van der Waals surface area contributed by atoms with Crippen LogP contribution in [0.15, 0.2) is 41.3 Å². The topological polar surface area (TPSA) is 101 Å². The van der Waals surface area contributed by atoms with Gasteiger partial charge in [-0.05, 0) is 41.1 Å². The SMILES string of the molecule is CCC(C(=O)O)n1cc(I)c(NC(=O)c2ccccc2)nc1=O. The first-order valence-corrected chi connectivity index (χ1v) is 7.89. The first-order chi connectivity index (χ1) is 10.9. The number of amides is 1. The summed E-state index contributed by atoms with van der Waals surface area (Å²) in [5.74, 6) is -1.38. The molecule has 23 heavy (non-hydrogen) atoms. The number of nitrogens with zero attached hydrogens (tertiary/aromatic N) is 2. The van der Waals surface area contributed by atoms with Crippen LogP contribution < -0.4 is 11.0 Å². The molecule has 0 saturated carbocycles. The number of aromatic nitrogens is 2. The van der Waals surface area contributed by atoms with Crippen molar-refractivity contribution in [2.75, 3.05) is 5.32 Å². The monoisotopic (exact) mass is 427 g/mol. The van der Waals surface area contributed by atoms with E-state index in [0.717, 1.165) is 4.57 Å². The molecule has 0 aliphatic carbocycles. The molecule has 1 atom stereocenters. The van der Waals surface area contributed by atoms with Crippen LogP contribution in [-0.2, 0) is 4.79 Å². The summed E-state index contributed by atoms with van der Waals surface area (Å²) >= 11 is 1.90. The molecule has 0 saturated heterocycles. The van der Waals surface area contributed by atoms with Gasteiger partial charge in [0.15, 0.2) is 5.82 Å². The smallest absolute Gasteiger partial charge is 0.350 e. The lowest BCUT2D eigenvalue weighted by molar-refractivity contribution is -0.141. The lowest BCUT2D eigenvalue weighted by Crippen LogP contribution is -2.32. The number of carbonyl (C=O) groups excluding carboxylic acids is 1. The Hall–Kier alpha value is -2.23. The Balaban J connectivity index is 2.32. The highest BCUT2D eigenvalue weighted by Crippen LogP contribution is 2.17. The standard InChI is InChI=1S/C15H14IN3O4/c1-2-11(14(21)22)19-8-10(16)12(18-15(19)23)17-13(20)9-6-4-3-5-7-9/h3-8,11H,2H2,1H3,(H,21,22)(H,17,18,20,23). The predicted molar refractivity (Wildman–Crippen MR) is 92.6 cm³/mol. The maximum atomic E-state index is 12.1. The van der Waals surface area contributed by atoms with Crippen LogP contribution in [0.4, 0.5) is 5.82 Å². The van der Waals surface area contributed by atoms with Gasteiger partial charge in [0, 0.05) is 11.8 Å². The highest BCUT2D eigenvalue weighted by atomic mass is 127. The first kappa shape index (κ1) is 17.1. The van der Waals surface area contributed by atoms with E-state index >= 15 is 0 Å². The minimum absolute atomic E-state index is 0.112. The Bertz CT molecular complexity index is 789.